The van der Waals surface area contributed by atoms with Gasteiger partial charge in [0.2, 0.25) is 0 Å². The molecule has 0 aromatic carbocycles. The van der Waals surface area contributed by atoms with E-state index in [0.29, 0.717) is 5.82 Å². The maximum absolute atomic E-state index is 5.59. The Bertz CT molecular complexity index is 267. The van der Waals surface area contributed by atoms with Crippen molar-refractivity contribution in [1.29, 1.82) is 0 Å². The monoisotopic (exact) mass is 150 g/mol. The molecule has 1 heterocycles. The second-order valence-corrected chi connectivity index (χ2v) is 2.79. The molecule has 1 aromatic heterocycles. The van der Waals surface area contributed by atoms with E-state index in [2.05, 4.69) is 25.8 Å². The first-order chi connectivity index (χ1) is 5.15. The van der Waals surface area contributed by atoms with Crippen LogP contribution in [0.25, 0.3) is 0 Å². The van der Waals surface area contributed by atoms with Gasteiger partial charge in [-0.15, -0.1) is 0 Å². The summed E-state index contributed by atoms with van der Waals surface area (Å²) in [5.74, 6) is 0.630. The molecule has 0 saturated carbocycles. The number of anilines is 1. The van der Waals surface area contributed by atoms with Crippen LogP contribution in [0.2, 0.25) is 0 Å². The second-order valence-electron chi connectivity index (χ2n) is 2.79. The van der Waals surface area contributed by atoms with Gasteiger partial charge in [-0.25, -0.2) is 4.98 Å². The molecule has 0 aliphatic rings. The molecule has 0 unspecified atom stereocenters. The minimum absolute atomic E-state index is 0.630. The van der Waals surface area contributed by atoms with Crippen LogP contribution in [0.3, 0.4) is 0 Å². The molecule has 2 N–H and O–H groups in total. The van der Waals surface area contributed by atoms with Crippen LogP contribution in [-0.2, 0) is 6.42 Å². The Morgan fingerprint density at radius 3 is 2.64 bits per heavy atom. The van der Waals surface area contributed by atoms with Crippen molar-refractivity contribution in [1.82, 2.24) is 4.98 Å². The van der Waals surface area contributed by atoms with E-state index in [-0.39, 0.29) is 0 Å². The lowest BCUT2D eigenvalue weighted by Crippen LogP contribution is -1.99. The van der Waals surface area contributed by atoms with Crippen LogP contribution < -0.4 is 5.73 Å². The van der Waals surface area contributed by atoms with Crippen LogP contribution in [-0.4, -0.2) is 4.98 Å². The van der Waals surface area contributed by atoms with E-state index in [4.69, 9.17) is 5.73 Å². The molecule has 2 nitrogen and oxygen atoms in total. The van der Waals surface area contributed by atoms with Crippen molar-refractivity contribution in [3.63, 3.8) is 0 Å². The number of nitrogen functional groups attached to an aromatic ring is 1. The van der Waals surface area contributed by atoms with Crippen molar-refractivity contribution >= 4 is 5.82 Å². The highest BCUT2D eigenvalue weighted by Gasteiger charge is 2.01. The molecule has 2 heteroatoms. The van der Waals surface area contributed by atoms with Gasteiger partial charge in [-0.05, 0) is 37.5 Å². The first-order valence-corrected chi connectivity index (χ1v) is 3.87. The van der Waals surface area contributed by atoms with Crippen molar-refractivity contribution in [3.8, 4) is 0 Å². The summed E-state index contributed by atoms with van der Waals surface area (Å²) in [7, 11) is 0. The SMILES string of the molecule is CCc1nc(N)cc(C)c1C. The van der Waals surface area contributed by atoms with E-state index in [1.165, 1.54) is 11.1 Å². The van der Waals surface area contributed by atoms with Gasteiger partial charge in [-0.1, -0.05) is 6.92 Å². The molecule has 0 atom stereocenters. The number of nitrogens with zero attached hydrogens (tertiary/aromatic N) is 1. The Hall–Kier alpha value is -1.05. The van der Waals surface area contributed by atoms with Crippen molar-refractivity contribution in [2.45, 2.75) is 27.2 Å². The second kappa shape index (κ2) is 2.91. The topological polar surface area (TPSA) is 38.9 Å². The Morgan fingerprint density at radius 1 is 1.45 bits per heavy atom. The van der Waals surface area contributed by atoms with Crippen LogP contribution in [0, 0.1) is 13.8 Å². The van der Waals surface area contributed by atoms with Gasteiger partial charge in [-0.3, -0.25) is 0 Å². The van der Waals surface area contributed by atoms with Crippen molar-refractivity contribution < 1.29 is 0 Å². The molecule has 0 aliphatic heterocycles. The Balaban J connectivity index is 3.24. The third-order valence-corrected chi connectivity index (χ3v) is 1.99. The third kappa shape index (κ3) is 1.50. The molecule has 0 fully saturated rings. The molecular formula is C9H14N2. The van der Waals surface area contributed by atoms with Gasteiger partial charge in [0.05, 0.1) is 0 Å². The lowest BCUT2D eigenvalue weighted by Gasteiger charge is -2.06. The van der Waals surface area contributed by atoms with Gasteiger partial charge >= 0.3 is 0 Å². The average molecular weight is 150 g/mol. The molecule has 0 saturated heterocycles. The fraction of sp³-hybridized carbons (Fsp3) is 0.444. The summed E-state index contributed by atoms with van der Waals surface area (Å²) in [6, 6.07) is 1.91. The van der Waals surface area contributed by atoms with Crippen molar-refractivity contribution in [2.75, 3.05) is 5.73 Å². The largest absolute Gasteiger partial charge is 0.384 e. The van der Waals surface area contributed by atoms with Crippen LogP contribution in [0.15, 0.2) is 6.07 Å². The number of aromatic nitrogens is 1. The Morgan fingerprint density at radius 2 is 2.09 bits per heavy atom. The van der Waals surface area contributed by atoms with Gasteiger partial charge in [0.1, 0.15) is 5.82 Å². The van der Waals surface area contributed by atoms with E-state index in [9.17, 15) is 0 Å². The van der Waals surface area contributed by atoms with E-state index < -0.39 is 0 Å². The highest BCUT2D eigenvalue weighted by atomic mass is 14.8. The van der Waals surface area contributed by atoms with Gasteiger partial charge in [-0.2, -0.15) is 0 Å². The van der Waals surface area contributed by atoms with Crippen molar-refractivity contribution in [3.05, 3.63) is 22.9 Å². The van der Waals surface area contributed by atoms with Gasteiger partial charge < -0.3 is 5.73 Å². The lowest BCUT2D eigenvalue weighted by molar-refractivity contribution is 1.00. The van der Waals surface area contributed by atoms with Crippen LogP contribution >= 0.6 is 0 Å². The zero-order valence-electron chi connectivity index (χ0n) is 7.31. The smallest absolute Gasteiger partial charge is 0.123 e. The summed E-state index contributed by atoms with van der Waals surface area (Å²) in [5.41, 5.74) is 9.20. The number of hydrogen-bond acceptors (Lipinski definition) is 2. The zero-order chi connectivity index (χ0) is 8.43. The predicted molar refractivity (Wildman–Crippen MR) is 47.5 cm³/mol. The molecule has 11 heavy (non-hydrogen) atoms. The maximum atomic E-state index is 5.59. The van der Waals surface area contributed by atoms with Crippen LogP contribution in [0.4, 0.5) is 5.82 Å². The summed E-state index contributed by atoms with van der Waals surface area (Å²) < 4.78 is 0. The van der Waals surface area contributed by atoms with Gasteiger partial charge in [0.15, 0.2) is 0 Å². The third-order valence-electron chi connectivity index (χ3n) is 1.99. The van der Waals surface area contributed by atoms with Crippen LogP contribution in [0.1, 0.15) is 23.7 Å². The predicted octanol–water partition coefficient (Wildman–Crippen LogP) is 1.84. The van der Waals surface area contributed by atoms with E-state index >= 15 is 0 Å². The maximum Gasteiger partial charge on any atom is 0.123 e. The molecular weight excluding hydrogens is 136 g/mol. The van der Waals surface area contributed by atoms with Crippen molar-refractivity contribution in [2.24, 2.45) is 0 Å². The minimum atomic E-state index is 0.630. The summed E-state index contributed by atoms with van der Waals surface area (Å²) in [4.78, 5) is 4.23. The number of pyridine rings is 1. The molecule has 1 rings (SSSR count). The molecule has 0 radical (unpaired) electrons. The lowest BCUT2D eigenvalue weighted by atomic mass is 10.1. The van der Waals surface area contributed by atoms with Gasteiger partial charge in [0, 0.05) is 5.69 Å². The number of rotatable bonds is 1. The van der Waals surface area contributed by atoms with Gasteiger partial charge in [0.25, 0.3) is 0 Å². The zero-order valence-corrected chi connectivity index (χ0v) is 7.31. The first kappa shape index (κ1) is 8.05. The molecule has 0 spiro atoms. The van der Waals surface area contributed by atoms with E-state index in [1.54, 1.807) is 0 Å². The number of nitrogens with two attached hydrogens (primary N) is 1. The molecule has 60 valence electrons. The fourth-order valence-electron chi connectivity index (χ4n) is 1.17. The molecule has 1 aromatic rings. The fourth-order valence-corrected chi connectivity index (χ4v) is 1.17. The summed E-state index contributed by atoms with van der Waals surface area (Å²) in [5, 5.41) is 0. The van der Waals surface area contributed by atoms with Crippen LogP contribution in [0.5, 0.6) is 0 Å². The normalized spacial score (nSPS) is 10.1. The highest BCUT2D eigenvalue weighted by molar-refractivity contribution is 5.39. The Kier molecular flexibility index (Phi) is 2.13. The summed E-state index contributed by atoms with van der Waals surface area (Å²) in [6.07, 6.45) is 0.956. The molecule has 0 aliphatic carbocycles. The Labute approximate surface area is 67.5 Å². The number of hydrogen-bond donors (Lipinski definition) is 1. The number of aryl methyl sites for hydroxylation is 2. The molecule has 0 amide bonds. The summed E-state index contributed by atoms with van der Waals surface area (Å²) >= 11 is 0. The minimum Gasteiger partial charge on any atom is -0.384 e. The summed E-state index contributed by atoms with van der Waals surface area (Å²) in [6.45, 7) is 6.24. The standard InChI is InChI=1S/C9H14N2/c1-4-8-7(3)6(2)5-9(10)11-8/h5H,4H2,1-3H3,(H2,10,11). The quantitative estimate of drug-likeness (QED) is 0.663. The average Bonchev–Trinajstić information content (AvgIpc) is 1.96. The first-order valence-electron chi connectivity index (χ1n) is 3.87. The highest BCUT2D eigenvalue weighted by Crippen LogP contribution is 2.13. The molecule has 0 bridgehead atoms. The van der Waals surface area contributed by atoms with E-state index in [0.717, 1.165) is 12.1 Å². The van der Waals surface area contributed by atoms with E-state index in [1.807, 2.05) is 6.07 Å².